The van der Waals surface area contributed by atoms with Gasteiger partial charge in [0.05, 0.1) is 6.67 Å². The number of hydrogen-bond acceptors (Lipinski definition) is 3. The third-order valence-electron chi connectivity index (χ3n) is 2.27. The minimum atomic E-state index is 1.09. The predicted octanol–water partition coefficient (Wildman–Crippen LogP) is 0.106. The molecule has 0 aromatic rings. The summed E-state index contributed by atoms with van der Waals surface area (Å²) in [5.74, 6) is 0. The molecule has 3 atom stereocenters. The average molecular weight is 173 g/mol. The molecule has 0 aliphatic carbocycles. The van der Waals surface area contributed by atoms with Crippen LogP contribution >= 0.6 is 8.58 Å². The van der Waals surface area contributed by atoms with E-state index in [9.17, 15) is 0 Å². The average Bonchev–Trinajstić information content (AvgIpc) is 2.02. The highest BCUT2D eigenvalue weighted by Crippen LogP contribution is 2.16. The number of nitrogens with one attached hydrogen (secondary N) is 1. The lowest BCUT2D eigenvalue weighted by molar-refractivity contribution is 0.0927. The van der Waals surface area contributed by atoms with Gasteiger partial charge in [0.25, 0.3) is 0 Å². The summed E-state index contributed by atoms with van der Waals surface area (Å²) >= 11 is 0. The van der Waals surface area contributed by atoms with E-state index < -0.39 is 0 Å². The molecule has 4 heteroatoms. The van der Waals surface area contributed by atoms with Gasteiger partial charge in [-0.25, -0.2) is 0 Å². The van der Waals surface area contributed by atoms with Crippen LogP contribution in [0.1, 0.15) is 6.42 Å². The number of fused-ring (bicyclic) bond motifs is 2. The van der Waals surface area contributed by atoms with Gasteiger partial charge >= 0.3 is 0 Å². The van der Waals surface area contributed by atoms with Crippen LogP contribution in [0.5, 0.6) is 0 Å². The Kier molecular flexibility index (Phi) is 2.75. The Morgan fingerprint density at radius 3 is 3.09 bits per heavy atom. The first-order valence-electron chi connectivity index (χ1n) is 4.31. The predicted molar refractivity (Wildman–Crippen MR) is 48.9 cm³/mol. The normalized spacial score (nSPS) is 41.5. The van der Waals surface area contributed by atoms with E-state index in [4.69, 9.17) is 0 Å². The molecule has 3 unspecified atom stereocenters. The van der Waals surface area contributed by atoms with Crippen LogP contribution in [-0.4, -0.2) is 48.8 Å². The molecule has 0 radical (unpaired) electrons. The van der Waals surface area contributed by atoms with Gasteiger partial charge in [0.15, 0.2) is 0 Å². The largest absolute Gasteiger partial charge is 0.301 e. The van der Waals surface area contributed by atoms with Gasteiger partial charge in [-0.15, -0.1) is 0 Å². The molecule has 2 bridgehead atoms. The van der Waals surface area contributed by atoms with Crippen LogP contribution in [0, 0.1) is 0 Å². The Morgan fingerprint density at radius 1 is 1.18 bits per heavy atom. The fraction of sp³-hybridized carbons (Fsp3) is 1.00. The van der Waals surface area contributed by atoms with Crippen molar-refractivity contribution in [1.82, 2.24) is 15.1 Å². The SMILES string of the molecule is C1CN2CNCPCN(C1)C2. The molecule has 2 fully saturated rings. The summed E-state index contributed by atoms with van der Waals surface area (Å²) in [6, 6.07) is 0. The smallest absolute Gasteiger partial charge is 0.0521 e. The van der Waals surface area contributed by atoms with E-state index in [2.05, 4.69) is 15.1 Å². The molecule has 0 spiro atoms. The molecular weight excluding hydrogens is 157 g/mol. The molecule has 2 heterocycles. The summed E-state index contributed by atoms with van der Waals surface area (Å²) in [5.41, 5.74) is 0. The van der Waals surface area contributed by atoms with Crippen molar-refractivity contribution in [2.75, 3.05) is 39.0 Å². The molecule has 2 aliphatic heterocycles. The fourth-order valence-electron chi connectivity index (χ4n) is 1.72. The second-order valence-corrected chi connectivity index (χ2v) is 4.45. The summed E-state index contributed by atoms with van der Waals surface area (Å²) in [6.07, 6.45) is 3.88. The molecule has 3 nitrogen and oxygen atoms in total. The van der Waals surface area contributed by atoms with Crippen molar-refractivity contribution in [2.45, 2.75) is 6.42 Å². The molecular formula is C7H16N3P. The fourth-order valence-corrected chi connectivity index (χ4v) is 2.69. The first-order chi connectivity index (χ1) is 5.45. The van der Waals surface area contributed by atoms with Crippen LogP contribution < -0.4 is 5.32 Å². The maximum atomic E-state index is 3.45. The van der Waals surface area contributed by atoms with Gasteiger partial charge in [0.1, 0.15) is 0 Å². The number of nitrogens with zero attached hydrogens (tertiary/aromatic N) is 2. The Balaban J connectivity index is 1.90. The van der Waals surface area contributed by atoms with Crippen molar-refractivity contribution in [2.24, 2.45) is 0 Å². The van der Waals surface area contributed by atoms with E-state index in [0.717, 1.165) is 15.2 Å². The van der Waals surface area contributed by atoms with E-state index in [-0.39, 0.29) is 0 Å². The Labute approximate surface area is 69.9 Å². The topological polar surface area (TPSA) is 18.5 Å². The van der Waals surface area contributed by atoms with Crippen molar-refractivity contribution in [3.05, 3.63) is 0 Å². The molecule has 64 valence electrons. The van der Waals surface area contributed by atoms with Crippen molar-refractivity contribution in [1.29, 1.82) is 0 Å². The summed E-state index contributed by atoms with van der Waals surface area (Å²) < 4.78 is 0. The first kappa shape index (κ1) is 7.93. The van der Waals surface area contributed by atoms with Crippen LogP contribution in [0.4, 0.5) is 0 Å². The van der Waals surface area contributed by atoms with Crippen LogP contribution in [0.15, 0.2) is 0 Å². The third-order valence-corrected chi connectivity index (χ3v) is 3.44. The molecule has 11 heavy (non-hydrogen) atoms. The highest BCUT2D eigenvalue weighted by molar-refractivity contribution is 7.37. The van der Waals surface area contributed by atoms with Crippen molar-refractivity contribution >= 4 is 8.58 Å². The van der Waals surface area contributed by atoms with Crippen LogP contribution in [0.2, 0.25) is 0 Å². The minimum Gasteiger partial charge on any atom is -0.301 e. The van der Waals surface area contributed by atoms with E-state index in [1.807, 2.05) is 0 Å². The van der Waals surface area contributed by atoms with Crippen molar-refractivity contribution in [3.63, 3.8) is 0 Å². The van der Waals surface area contributed by atoms with Crippen molar-refractivity contribution < 1.29 is 0 Å². The molecule has 0 aromatic heterocycles. The zero-order chi connectivity index (χ0) is 7.52. The maximum absolute atomic E-state index is 3.45. The molecule has 0 aromatic carbocycles. The standard InChI is InChI=1S/C7H16N3P/c1-2-9-4-8-5-11-7-10(3-1)6-9/h8,11H,1-7H2. The summed E-state index contributed by atoms with van der Waals surface area (Å²) in [5, 5.41) is 3.45. The quantitative estimate of drug-likeness (QED) is 0.524. The van der Waals surface area contributed by atoms with Gasteiger partial charge in [-0.1, -0.05) is 8.58 Å². The molecule has 0 amide bonds. The van der Waals surface area contributed by atoms with Crippen LogP contribution in [-0.2, 0) is 0 Å². The number of hydrogen-bond donors (Lipinski definition) is 1. The number of rotatable bonds is 0. The molecule has 2 rings (SSSR count). The monoisotopic (exact) mass is 173 g/mol. The highest BCUT2D eigenvalue weighted by Gasteiger charge is 2.17. The Morgan fingerprint density at radius 2 is 2.09 bits per heavy atom. The molecule has 2 saturated heterocycles. The molecule has 1 N–H and O–H groups in total. The van der Waals surface area contributed by atoms with Gasteiger partial charge < -0.3 is 5.32 Å². The van der Waals surface area contributed by atoms with Gasteiger partial charge in [0, 0.05) is 32.3 Å². The van der Waals surface area contributed by atoms with Gasteiger partial charge in [-0.05, 0) is 6.42 Å². The second-order valence-electron chi connectivity index (χ2n) is 3.28. The van der Waals surface area contributed by atoms with Gasteiger partial charge in [-0.3, -0.25) is 9.80 Å². The highest BCUT2D eigenvalue weighted by atomic mass is 31.1. The Hall–Kier alpha value is 0.310. The Bertz CT molecular complexity index is 119. The van der Waals surface area contributed by atoms with Crippen molar-refractivity contribution in [3.8, 4) is 0 Å². The van der Waals surface area contributed by atoms with E-state index in [1.54, 1.807) is 0 Å². The lowest BCUT2D eigenvalue weighted by atomic mass is 10.3. The lowest BCUT2D eigenvalue weighted by Gasteiger charge is -2.37. The second kappa shape index (κ2) is 3.81. The zero-order valence-corrected chi connectivity index (χ0v) is 7.84. The third kappa shape index (κ3) is 2.12. The van der Waals surface area contributed by atoms with E-state index in [0.29, 0.717) is 0 Å². The van der Waals surface area contributed by atoms with E-state index >= 15 is 0 Å². The minimum absolute atomic E-state index is 1.09. The van der Waals surface area contributed by atoms with Crippen LogP contribution in [0.25, 0.3) is 0 Å². The van der Waals surface area contributed by atoms with Gasteiger partial charge in [-0.2, -0.15) is 0 Å². The first-order valence-corrected chi connectivity index (χ1v) is 5.73. The molecule has 2 aliphatic rings. The van der Waals surface area contributed by atoms with Crippen LogP contribution in [0.3, 0.4) is 0 Å². The summed E-state index contributed by atoms with van der Waals surface area (Å²) in [7, 11) is 1.09. The molecule has 0 saturated carbocycles. The van der Waals surface area contributed by atoms with Gasteiger partial charge in [0.2, 0.25) is 0 Å². The zero-order valence-electron chi connectivity index (χ0n) is 6.84. The maximum Gasteiger partial charge on any atom is 0.0521 e. The summed E-state index contributed by atoms with van der Waals surface area (Å²) in [4.78, 5) is 5.07. The summed E-state index contributed by atoms with van der Waals surface area (Å²) in [6.45, 7) is 4.90. The van der Waals surface area contributed by atoms with E-state index in [1.165, 1.54) is 38.8 Å². The lowest BCUT2D eigenvalue weighted by Crippen LogP contribution is -2.49.